The van der Waals surface area contributed by atoms with E-state index >= 15 is 0 Å². The van der Waals surface area contributed by atoms with Crippen molar-refractivity contribution in [3.05, 3.63) is 71.4 Å². The summed E-state index contributed by atoms with van der Waals surface area (Å²) < 4.78 is 5.35. The minimum Gasteiger partial charge on any atom is -0.366 e. The molecule has 0 saturated carbocycles. The number of pyridine rings is 1. The Bertz CT molecular complexity index is 1380. The lowest BCUT2D eigenvalue weighted by Crippen LogP contribution is -2.38. The molecule has 1 aromatic heterocycles. The summed E-state index contributed by atoms with van der Waals surface area (Å²) in [6, 6.07) is 15.1. The lowest BCUT2D eigenvalue weighted by molar-refractivity contribution is 0.0649. The van der Waals surface area contributed by atoms with Crippen molar-refractivity contribution in [2.45, 2.75) is 6.35 Å². The van der Waals surface area contributed by atoms with Gasteiger partial charge in [-0.25, -0.2) is 14.6 Å². The van der Waals surface area contributed by atoms with E-state index in [0.29, 0.717) is 46.4 Å². The van der Waals surface area contributed by atoms with Crippen LogP contribution in [0.5, 0.6) is 0 Å². The molecule has 3 aromatic rings. The van der Waals surface area contributed by atoms with Crippen LogP contribution in [0, 0.1) is 0 Å². The van der Waals surface area contributed by atoms with Crippen LogP contribution >= 0.6 is 11.6 Å². The molecule has 0 radical (unpaired) electrons. The third-order valence-corrected chi connectivity index (χ3v) is 6.66. The van der Waals surface area contributed by atoms with E-state index in [4.69, 9.17) is 22.1 Å². The smallest absolute Gasteiger partial charge is 0.341 e. The zero-order valence-electron chi connectivity index (χ0n) is 20.1. The SMILES string of the molecule is COC1NN(C)C(=O)N1c1ccc(-c2ccnc(N3CCN(c4cccc(C(N)=O)c4)C3=O)c2Cl)cc1. The highest BCUT2D eigenvalue weighted by atomic mass is 35.5. The second-order valence-electron chi connectivity index (χ2n) is 8.47. The van der Waals surface area contributed by atoms with Crippen LogP contribution in [-0.4, -0.2) is 61.6 Å². The number of hydrazine groups is 1. The molecule has 2 saturated heterocycles. The summed E-state index contributed by atoms with van der Waals surface area (Å²) in [4.78, 5) is 46.3. The second kappa shape index (κ2) is 9.69. The molecule has 12 heteroatoms. The van der Waals surface area contributed by atoms with Crippen molar-refractivity contribution in [1.29, 1.82) is 0 Å². The normalized spacial score (nSPS) is 17.8. The summed E-state index contributed by atoms with van der Waals surface area (Å²) in [6.45, 7) is 0.760. The minimum absolute atomic E-state index is 0.248. The Morgan fingerprint density at radius 2 is 1.78 bits per heavy atom. The fourth-order valence-electron chi connectivity index (χ4n) is 4.39. The van der Waals surface area contributed by atoms with E-state index in [1.807, 2.05) is 12.1 Å². The number of primary amides is 1. The monoisotopic (exact) mass is 521 g/mol. The number of hydrogen-bond donors (Lipinski definition) is 2. The van der Waals surface area contributed by atoms with Crippen molar-refractivity contribution in [3.8, 4) is 11.1 Å². The van der Waals surface area contributed by atoms with Gasteiger partial charge < -0.3 is 10.5 Å². The lowest BCUT2D eigenvalue weighted by Gasteiger charge is -2.21. The van der Waals surface area contributed by atoms with Gasteiger partial charge in [0, 0.05) is 55.9 Å². The van der Waals surface area contributed by atoms with E-state index in [1.165, 1.54) is 21.9 Å². The molecule has 0 spiro atoms. The van der Waals surface area contributed by atoms with Gasteiger partial charge in [0.05, 0.1) is 5.02 Å². The van der Waals surface area contributed by atoms with E-state index in [0.717, 1.165) is 5.56 Å². The maximum absolute atomic E-state index is 13.3. The Hall–Kier alpha value is -4.19. The number of amides is 5. The summed E-state index contributed by atoms with van der Waals surface area (Å²) in [5.74, 6) is -0.231. The van der Waals surface area contributed by atoms with Crippen molar-refractivity contribution in [1.82, 2.24) is 15.4 Å². The lowest BCUT2D eigenvalue weighted by atomic mass is 10.1. The molecule has 1 unspecified atom stereocenters. The highest BCUT2D eigenvalue weighted by Gasteiger charge is 2.36. The number of carbonyl (C=O) groups excluding carboxylic acids is 3. The molecule has 11 nitrogen and oxygen atoms in total. The summed E-state index contributed by atoms with van der Waals surface area (Å²) in [7, 11) is 3.13. The maximum Gasteiger partial charge on any atom is 0.341 e. The number of halogens is 1. The molecule has 3 N–H and O–H groups in total. The van der Waals surface area contributed by atoms with Gasteiger partial charge >= 0.3 is 12.1 Å². The molecule has 2 aliphatic heterocycles. The van der Waals surface area contributed by atoms with Crippen LogP contribution < -0.4 is 25.9 Å². The molecule has 5 amide bonds. The van der Waals surface area contributed by atoms with E-state index in [9.17, 15) is 14.4 Å². The molecule has 2 aliphatic rings. The van der Waals surface area contributed by atoms with Gasteiger partial charge in [0.15, 0.2) is 5.82 Å². The van der Waals surface area contributed by atoms with Crippen molar-refractivity contribution in [2.24, 2.45) is 5.73 Å². The summed E-state index contributed by atoms with van der Waals surface area (Å²) >= 11 is 6.77. The molecule has 5 rings (SSSR count). The number of methoxy groups -OCH3 is 1. The first-order valence-electron chi connectivity index (χ1n) is 11.4. The highest BCUT2D eigenvalue weighted by Crippen LogP contribution is 2.37. The van der Waals surface area contributed by atoms with Crippen LogP contribution in [-0.2, 0) is 4.74 Å². The predicted molar refractivity (Wildman–Crippen MR) is 139 cm³/mol. The first kappa shape index (κ1) is 24.5. The predicted octanol–water partition coefficient (Wildman–Crippen LogP) is 3.25. The molecule has 2 aromatic carbocycles. The molecule has 37 heavy (non-hydrogen) atoms. The van der Waals surface area contributed by atoms with Gasteiger partial charge in [-0.3, -0.25) is 24.5 Å². The molecular formula is C25H24ClN7O4. The number of anilines is 3. The molecule has 0 bridgehead atoms. The van der Waals surface area contributed by atoms with Crippen LogP contribution in [0.4, 0.5) is 26.8 Å². The van der Waals surface area contributed by atoms with E-state index in [2.05, 4.69) is 10.4 Å². The Balaban J connectivity index is 1.40. The molecule has 0 aliphatic carbocycles. The van der Waals surface area contributed by atoms with Crippen LogP contribution in [0.3, 0.4) is 0 Å². The topological polar surface area (TPSA) is 124 Å². The van der Waals surface area contributed by atoms with Crippen LogP contribution in [0.15, 0.2) is 60.8 Å². The average Bonchev–Trinajstić information content (AvgIpc) is 3.43. The van der Waals surface area contributed by atoms with Crippen LogP contribution in [0.1, 0.15) is 10.4 Å². The molecule has 2 fully saturated rings. The largest absolute Gasteiger partial charge is 0.366 e. The third kappa shape index (κ3) is 4.33. The Labute approximate surface area is 217 Å². The summed E-state index contributed by atoms with van der Waals surface area (Å²) in [5, 5.41) is 1.68. The van der Waals surface area contributed by atoms with E-state index in [1.54, 1.807) is 60.6 Å². The Kier molecular flexibility index (Phi) is 6.42. The summed E-state index contributed by atoms with van der Waals surface area (Å²) in [5.41, 5.74) is 11.3. The van der Waals surface area contributed by atoms with E-state index < -0.39 is 12.3 Å². The number of carbonyl (C=O) groups is 3. The number of aromatic nitrogens is 1. The van der Waals surface area contributed by atoms with Gasteiger partial charge in [0.2, 0.25) is 12.3 Å². The third-order valence-electron chi connectivity index (χ3n) is 6.29. The van der Waals surface area contributed by atoms with Crippen molar-refractivity contribution in [2.75, 3.05) is 41.9 Å². The maximum atomic E-state index is 13.3. The molecule has 1 atom stereocenters. The summed E-state index contributed by atoms with van der Waals surface area (Å²) in [6.07, 6.45) is 0.977. The number of rotatable bonds is 6. The van der Waals surface area contributed by atoms with Gasteiger partial charge in [-0.15, -0.1) is 0 Å². The number of urea groups is 2. The standard InChI is InChI=1S/C25H24ClN7O4/c1-30-24(35)33(23(29-30)37-2)17-8-6-15(7-9-17)19-10-11-28-22(20(19)26)32-13-12-31(25(32)36)18-5-3-4-16(14-18)21(27)34/h3-11,14,23,29H,12-13H2,1-2H3,(H2,27,34). The van der Waals surface area contributed by atoms with Crippen molar-refractivity contribution in [3.63, 3.8) is 0 Å². The van der Waals surface area contributed by atoms with Gasteiger partial charge in [-0.1, -0.05) is 29.8 Å². The molecule has 190 valence electrons. The number of nitrogens with zero attached hydrogens (tertiary/aromatic N) is 5. The average molecular weight is 522 g/mol. The Morgan fingerprint density at radius 3 is 2.49 bits per heavy atom. The van der Waals surface area contributed by atoms with Gasteiger partial charge in [-0.05, 0) is 42.0 Å². The van der Waals surface area contributed by atoms with Gasteiger partial charge in [-0.2, -0.15) is 5.43 Å². The number of ether oxygens (including phenoxy) is 1. The number of nitrogens with one attached hydrogen (secondary N) is 1. The highest BCUT2D eigenvalue weighted by molar-refractivity contribution is 6.36. The Morgan fingerprint density at radius 1 is 1.05 bits per heavy atom. The van der Waals surface area contributed by atoms with Crippen molar-refractivity contribution < 1.29 is 19.1 Å². The molecular weight excluding hydrogens is 498 g/mol. The number of hydrogen-bond acceptors (Lipinski definition) is 6. The number of nitrogens with two attached hydrogens (primary N) is 1. The fourth-order valence-corrected chi connectivity index (χ4v) is 4.71. The molecule has 3 heterocycles. The first-order chi connectivity index (χ1) is 17.8. The first-order valence-corrected chi connectivity index (χ1v) is 11.8. The van der Waals surface area contributed by atoms with Crippen LogP contribution in [0.25, 0.3) is 11.1 Å². The quantitative estimate of drug-likeness (QED) is 0.513. The van der Waals surface area contributed by atoms with Crippen molar-refractivity contribution >= 4 is 46.8 Å². The van der Waals surface area contributed by atoms with Gasteiger partial charge in [0.1, 0.15) is 0 Å². The van der Waals surface area contributed by atoms with E-state index in [-0.39, 0.29) is 12.1 Å². The van der Waals surface area contributed by atoms with Gasteiger partial charge in [0.25, 0.3) is 0 Å². The zero-order valence-corrected chi connectivity index (χ0v) is 20.8. The number of benzene rings is 2. The fraction of sp³-hybridized carbons (Fsp3) is 0.200. The minimum atomic E-state index is -0.618. The van der Waals surface area contributed by atoms with Crippen LogP contribution in [0.2, 0.25) is 5.02 Å². The zero-order chi connectivity index (χ0) is 26.3. The second-order valence-corrected chi connectivity index (χ2v) is 8.85.